The zero-order valence-corrected chi connectivity index (χ0v) is 7.80. The van der Waals surface area contributed by atoms with E-state index in [0.29, 0.717) is 5.75 Å². The molecule has 0 heterocycles. The van der Waals surface area contributed by atoms with Crippen molar-refractivity contribution in [2.45, 2.75) is 0 Å². The smallest absolute Gasteiger partial charge is 0.115 e. The van der Waals surface area contributed by atoms with Crippen LogP contribution in [0.4, 0.5) is 0 Å². The van der Waals surface area contributed by atoms with Crippen LogP contribution < -0.4 is 5.46 Å². The molecule has 2 radical (unpaired) electrons. The molecule has 14 heavy (non-hydrogen) atoms. The van der Waals surface area contributed by atoms with E-state index in [1.54, 1.807) is 24.3 Å². The summed E-state index contributed by atoms with van der Waals surface area (Å²) in [6, 6.07) is 18.2. The first-order chi connectivity index (χ1) is 6.79. The van der Waals surface area contributed by atoms with Gasteiger partial charge in [0.05, 0.1) is 0 Å². The van der Waals surface area contributed by atoms with Crippen molar-refractivity contribution in [3.05, 3.63) is 60.7 Å². The van der Waals surface area contributed by atoms with Crippen LogP contribution in [0.3, 0.4) is 0 Å². The molecule has 2 aromatic rings. The molecule has 2 rings (SSSR count). The van der Waals surface area contributed by atoms with E-state index in [4.69, 9.17) is 13.0 Å². The fourth-order valence-corrected chi connectivity index (χ4v) is 0.881. The van der Waals surface area contributed by atoms with Gasteiger partial charge < -0.3 is 5.11 Å². The Morgan fingerprint density at radius 3 is 1.36 bits per heavy atom. The number of phenolic OH excluding ortho intramolecular Hbond substituents is 1. The molecule has 0 atom stereocenters. The molecular formula is C12H11BO. The normalized spacial score (nSPS) is 8.57. The number of phenols is 1. The van der Waals surface area contributed by atoms with E-state index in [1.165, 1.54) is 0 Å². The predicted molar refractivity (Wildman–Crippen MR) is 59.9 cm³/mol. The third kappa shape index (κ3) is 4.36. The standard InChI is InChI=1S/C6H5B.C6H6O/c2*7-6-4-2-1-3-5-6/h1-5H;1-5,7H. The van der Waals surface area contributed by atoms with Crippen LogP contribution in [0.25, 0.3) is 0 Å². The van der Waals surface area contributed by atoms with E-state index < -0.39 is 0 Å². The zero-order chi connectivity index (χ0) is 10.2. The second-order valence-electron chi connectivity index (χ2n) is 2.75. The van der Waals surface area contributed by atoms with Crippen LogP contribution in [0.15, 0.2) is 60.7 Å². The molecule has 2 aromatic carbocycles. The SMILES string of the molecule is Oc1ccccc1.[B]c1ccccc1. The first-order valence-corrected chi connectivity index (χ1v) is 4.33. The second-order valence-corrected chi connectivity index (χ2v) is 2.75. The molecule has 0 aliphatic rings. The minimum Gasteiger partial charge on any atom is -0.508 e. The highest BCUT2D eigenvalue weighted by molar-refractivity contribution is 6.32. The van der Waals surface area contributed by atoms with Crippen molar-refractivity contribution in [3.63, 3.8) is 0 Å². The van der Waals surface area contributed by atoms with Gasteiger partial charge in [0.2, 0.25) is 0 Å². The fraction of sp³-hybridized carbons (Fsp3) is 0. The minimum absolute atomic E-state index is 0.322. The molecule has 0 aliphatic carbocycles. The highest BCUT2D eigenvalue weighted by Crippen LogP contribution is 2.02. The van der Waals surface area contributed by atoms with Gasteiger partial charge in [-0.1, -0.05) is 54.0 Å². The predicted octanol–water partition coefficient (Wildman–Crippen LogP) is 1.87. The molecule has 0 saturated carbocycles. The van der Waals surface area contributed by atoms with Crippen LogP contribution in [-0.2, 0) is 0 Å². The van der Waals surface area contributed by atoms with Gasteiger partial charge in [0.25, 0.3) is 0 Å². The van der Waals surface area contributed by atoms with Crippen LogP contribution in [0.1, 0.15) is 0 Å². The van der Waals surface area contributed by atoms with Crippen molar-refractivity contribution in [2.24, 2.45) is 0 Å². The third-order valence-corrected chi connectivity index (χ3v) is 1.56. The Morgan fingerprint density at radius 1 is 0.714 bits per heavy atom. The Bertz CT molecular complexity index is 308. The monoisotopic (exact) mass is 182 g/mol. The maximum absolute atomic E-state index is 8.63. The van der Waals surface area contributed by atoms with Crippen molar-refractivity contribution in [1.29, 1.82) is 0 Å². The molecule has 0 unspecified atom stereocenters. The van der Waals surface area contributed by atoms with Crippen molar-refractivity contribution in [1.82, 2.24) is 0 Å². The molecule has 0 bridgehead atoms. The highest BCUT2D eigenvalue weighted by Gasteiger charge is 1.74. The largest absolute Gasteiger partial charge is 0.508 e. The van der Waals surface area contributed by atoms with Gasteiger partial charge in [-0.05, 0) is 12.1 Å². The number of hydrogen-bond acceptors (Lipinski definition) is 1. The third-order valence-electron chi connectivity index (χ3n) is 1.56. The van der Waals surface area contributed by atoms with Gasteiger partial charge in [-0.25, -0.2) is 0 Å². The van der Waals surface area contributed by atoms with E-state index >= 15 is 0 Å². The maximum Gasteiger partial charge on any atom is 0.115 e. The summed E-state index contributed by atoms with van der Waals surface area (Å²) in [5.74, 6) is 0.322. The van der Waals surface area contributed by atoms with Crippen LogP contribution in [-0.4, -0.2) is 13.0 Å². The number of rotatable bonds is 0. The quantitative estimate of drug-likeness (QED) is 0.616. The summed E-state index contributed by atoms with van der Waals surface area (Å²) < 4.78 is 0. The summed E-state index contributed by atoms with van der Waals surface area (Å²) in [6.45, 7) is 0. The zero-order valence-electron chi connectivity index (χ0n) is 7.80. The van der Waals surface area contributed by atoms with Gasteiger partial charge in [-0.3, -0.25) is 0 Å². The van der Waals surface area contributed by atoms with Crippen molar-refractivity contribution in [2.75, 3.05) is 0 Å². The van der Waals surface area contributed by atoms with Crippen LogP contribution >= 0.6 is 0 Å². The van der Waals surface area contributed by atoms with Crippen molar-refractivity contribution in [3.8, 4) is 5.75 Å². The minimum atomic E-state index is 0.322. The molecule has 2 heteroatoms. The average molecular weight is 182 g/mol. The average Bonchev–Trinajstić information content (AvgIpc) is 2.21. The van der Waals surface area contributed by atoms with E-state index in [-0.39, 0.29) is 0 Å². The summed E-state index contributed by atoms with van der Waals surface area (Å²) in [5, 5.41) is 8.63. The molecule has 0 aromatic heterocycles. The van der Waals surface area contributed by atoms with Gasteiger partial charge in [0.15, 0.2) is 0 Å². The number of benzene rings is 2. The molecular weight excluding hydrogens is 171 g/mol. The second kappa shape index (κ2) is 5.87. The van der Waals surface area contributed by atoms with Crippen LogP contribution in [0.5, 0.6) is 5.75 Å². The Hall–Kier alpha value is -1.70. The summed E-state index contributed by atoms with van der Waals surface area (Å²) in [4.78, 5) is 0. The Labute approximate surface area is 85.4 Å². The number of hydrogen-bond donors (Lipinski definition) is 1. The molecule has 0 amide bonds. The van der Waals surface area contributed by atoms with Crippen molar-refractivity contribution >= 4 is 13.3 Å². The van der Waals surface area contributed by atoms with E-state index in [2.05, 4.69) is 0 Å². The summed E-state index contributed by atoms with van der Waals surface area (Å²) in [5.41, 5.74) is 0.822. The first kappa shape index (κ1) is 10.4. The lowest BCUT2D eigenvalue weighted by Crippen LogP contribution is -1.97. The molecule has 0 fully saturated rings. The highest BCUT2D eigenvalue weighted by atomic mass is 16.3. The summed E-state index contributed by atoms with van der Waals surface area (Å²) in [7, 11) is 5.36. The topological polar surface area (TPSA) is 20.2 Å². The molecule has 1 nitrogen and oxygen atoms in total. The lowest BCUT2D eigenvalue weighted by molar-refractivity contribution is 0.475. The van der Waals surface area contributed by atoms with Crippen LogP contribution in [0.2, 0.25) is 0 Å². The molecule has 0 saturated heterocycles. The number of para-hydroxylation sites is 1. The van der Waals surface area contributed by atoms with Crippen molar-refractivity contribution < 1.29 is 5.11 Å². The van der Waals surface area contributed by atoms with E-state index in [1.807, 2.05) is 36.4 Å². The maximum atomic E-state index is 8.63. The molecule has 0 aliphatic heterocycles. The van der Waals surface area contributed by atoms with Crippen LogP contribution in [0, 0.1) is 0 Å². The molecule has 1 N–H and O–H groups in total. The van der Waals surface area contributed by atoms with E-state index in [9.17, 15) is 0 Å². The van der Waals surface area contributed by atoms with Gasteiger partial charge in [0, 0.05) is 0 Å². The van der Waals surface area contributed by atoms with E-state index in [0.717, 1.165) is 5.46 Å². The Morgan fingerprint density at radius 2 is 1.14 bits per heavy atom. The Balaban J connectivity index is 0.000000140. The van der Waals surface area contributed by atoms with Gasteiger partial charge in [0.1, 0.15) is 13.6 Å². The summed E-state index contributed by atoms with van der Waals surface area (Å²) in [6.07, 6.45) is 0. The molecule has 0 spiro atoms. The summed E-state index contributed by atoms with van der Waals surface area (Å²) >= 11 is 0. The molecule has 68 valence electrons. The number of aromatic hydroxyl groups is 1. The van der Waals surface area contributed by atoms with Gasteiger partial charge in [-0.15, -0.1) is 0 Å². The van der Waals surface area contributed by atoms with Gasteiger partial charge in [-0.2, -0.15) is 0 Å². The van der Waals surface area contributed by atoms with Gasteiger partial charge >= 0.3 is 0 Å². The lowest BCUT2D eigenvalue weighted by atomic mass is 9.97. The fourth-order valence-electron chi connectivity index (χ4n) is 0.881. The Kier molecular flexibility index (Phi) is 4.35. The first-order valence-electron chi connectivity index (χ1n) is 4.33. The lowest BCUT2D eigenvalue weighted by Gasteiger charge is -1.83.